The molecule has 6 heteroatoms. The summed E-state index contributed by atoms with van der Waals surface area (Å²) >= 11 is 0. The number of hydrogen-bond donors (Lipinski definition) is 2. The maximum atomic E-state index is 5.88. The Morgan fingerprint density at radius 2 is 0.679 bits per heavy atom. The summed E-state index contributed by atoms with van der Waals surface area (Å²) in [6, 6.07) is 0.941. The topological polar surface area (TPSA) is 65.0 Å². The molecular weight excluding hydrogens is 348 g/mol. The van der Waals surface area contributed by atoms with E-state index >= 15 is 0 Å². The fraction of sp³-hybridized carbons (Fsp3) is 1.00. The highest BCUT2D eigenvalue weighted by atomic mass is 15.2. The van der Waals surface area contributed by atoms with Crippen molar-refractivity contribution >= 4 is 0 Å². The Bertz CT molecular complexity index is 354. The summed E-state index contributed by atoms with van der Waals surface area (Å²) in [5, 5.41) is 0. The summed E-state index contributed by atoms with van der Waals surface area (Å²) in [6.07, 6.45) is 10.4. The van der Waals surface area contributed by atoms with Crippen molar-refractivity contribution in [3.63, 3.8) is 0 Å². The largest absolute Gasteiger partial charge is 0.328 e. The average Bonchev–Trinajstić information content (AvgIpc) is 3.42. The van der Waals surface area contributed by atoms with Gasteiger partial charge in [-0.1, -0.05) is 0 Å². The predicted molar refractivity (Wildman–Crippen MR) is 119 cm³/mol. The van der Waals surface area contributed by atoms with Crippen molar-refractivity contribution in [3.05, 3.63) is 0 Å². The van der Waals surface area contributed by atoms with Gasteiger partial charge in [0.1, 0.15) is 0 Å². The van der Waals surface area contributed by atoms with Crippen molar-refractivity contribution in [2.75, 3.05) is 78.5 Å². The molecule has 4 heterocycles. The quantitative estimate of drug-likeness (QED) is 0.701. The Morgan fingerprint density at radius 3 is 0.964 bits per heavy atom. The van der Waals surface area contributed by atoms with Gasteiger partial charge in [-0.3, -0.25) is 0 Å². The third-order valence-corrected chi connectivity index (χ3v) is 7.13. The van der Waals surface area contributed by atoms with E-state index < -0.39 is 0 Å². The molecule has 0 amide bonds. The molecule has 0 aromatic heterocycles. The van der Waals surface area contributed by atoms with Crippen molar-refractivity contribution in [2.45, 2.75) is 63.5 Å². The Labute approximate surface area is 173 Å². The summed E-state index contributed by atoms with van der Waals surface area (Å²) in [7, 11) is 0. The van der Waals surface area contributed by atoms with Crippen molar-refractivity contribution in [2.24, 2.45) is 11.5 Å². The Kier molecular flexibility index (Phi) is 9.98. The van der Waals surface area contributed by atoms with Crippen LogP contribution in [-0.2, 0) is 0 Å². The second-order valence-corrected chi connectivity index (χ2v) is 9.46. The number of likely N-dealkylation sites (tertiary alicyclic amines) is 4. The fourth-order valence-corrected chi connectivity index (χ4v) is 4.93. The van der Waals surface area contributed by atoms with Gasteiger partial charge < -0.3 is 31.1 Å². The third-order valence-electron chi connectivity index (χ3n) is 7.13. The molecule has 4 aliphatic rings. The zero-order valence-electron chi connectivity index (χ0n) is 18.2. The van der Waals surface area contributed by atoms with E-state index in [0.29, 0.717) is 12.1 Å². The molecule has 0 saturated carbocycles. The molecule has 0 aromatic carbocycles. The summed E-state index contributed by atoms with van der Waals surface area (Å²) in [5.74, 6) is 0. The highest BCUT2D eigenvalue weighted by molar-refractivity contribution is 4.77. The molecule has 0 unspecified atom stereocenters. The van der Waals surface area contributed by atoms with Crippen LogP contribution >= 0.6 is 0 Å². The van der Waals surface area contributed by atoms with E-state index in [-0.39, 0.29) is 0 Å². The average molecular weight is 395 g/mol. The normalized spacial score (nSPS) is 27.2. The molecule has 0 atom stereocenters. The molecule has 0 aliphatic carbocycles. The van der Waals surface area contributed by atoms with Crippen LogP contribution in [0.2, 0.25) is 0 Å². The number of hydrogen-bond acceptors (Lipinski definition) is 6. The summed E-state index contributed by atoms with van der Waals surface area (Å²) in [4.78, 5) is 10.3. The highest BCUT2D eigenvalue weighted by Crippen LogP contribution is 2.11. The maximum Gasteiger partial charge on any atom is 0.0109 e. The molecule has 164 valence electrons. The number of nitrogens with two attached hydrogens (primary N) is 2. The lowest BCUT2D eigenvalue weighted by Crippen LogP contribution is -2.42. The smallest absolute Gasteiger partial charge is 0.0109 e. The molecule has 6 nitrogen and oxygen atoms in total. The first-order valence-electron chi connectivity index (χ1n) is 12.1. The minimum Gasteiger partial charge on any atom is -0.328 e. The molecule has 0 radical (unpaired) electrons. The standard InChI is InChI=1S/2C11H23N3/c2*12-11-3-7-14(8-4-11)10-9-13-5-1-2-6-13/h2*11H,1-10,12H2. The van der Waals surface area contributed by atoms with Gasteiger partial charge in [-0.25, -0.2) is 0 Å². The lowest BCUT2D eigenvalue weighted by molar-refractivity contribution is 0.185. The Morgan fingerprint density at radius 1 is 0.429 bits per heavy atom. The first-order chi connectivity index (χ1) is 13.7. The molecule has 0 aromatic rings. The zero-order valence-corrected chi connectivity index (χ0v) is 18.2. The van der Waals surface area contributed by atoms with Crippen molar-refractivity contribution in [1.82, 2.24) is 19.6 Å². The molecule has 4 aliphatic heterocycles. The molecule has 4 N–H and O–H groups in total. The molecule has 4 saturated heterocycles. The van der Waals surface area contributed by atoms with E-state index in [0.717, 1.165) is 0 Å². The predicted octanol–water partition coefficient (Wildman–Crippen LogP) is 1.01. The molecule has 28 heavy (non-hydrogen) atoms. The van der Waals surface area contributed by atoms with E-state index in [2.05, 4.69) is 19.6 Å². The van der Waals surface area contributed by atoms with E-state index in [1.165, 1.54) is 130 Å². The van der Waals surface area contributed by atoms with Crippen molar-refractivity contribution in [3.8, 4) is 0 Å². The summed E-state index contributed by atoms with van der Waals surface area (Å²) in [5.41, 5.74) is 11.8. The van der Waals surface area contributed by atoms with Gasteiger partial charge in [0.25, 0.3) is 0 Å². The second kappa shape index (κ2) is 12.5. The molecule has 4 rings (SSSR count). The minimum atomic E-state index is 0.470. The van der Waals surface area contributed by atoms with Gasteiger partial charge in [0, 0.05) is 38.3 Å². The fourth-order valence-electron chi connectivity index (χ4n) is 4.93. The lowest BCUT2D eigenvalue weighted by Gasteiger charge is -2.31. The van der Waals surface area contributed by atoms with Gasteiger partial charge in [-0.05, 0) is 104 Å². The highest BCUT2D eigenvalue weighted by Gasteiger charge is 2.18. The van der Waals surface area contributed by atoms with E-state index in [1.807, 2.05) is 0 Å². The van der Waals surface area contributed by atoms with Gasteiger partial charge in [-0.2, -0.15) is 0 Å². The number of piperidine rings is 2. The van der Waals surface area contributed by atoms with Crippen LogP contribution in [0.1, 0.15) is 51.4 Å². The number of rotatable bonds is 6. The van der Waals surface area contributed by atoms with Crippen LogP contribution in [0.25, 0.3) is 0 Å². The number of nitrogens with zero attached hydrogens (tertiary/aromatic N) is 4. The van der Waals surface area contributed by atoms with Crippen molar-refractivity contribution < 1.29 is 0 Å². The molecular formula is C22H46N6. The lowest BCUT2D eigenvalue weighted by atomic mass is 10.1. The van der Waals surface area contributed by atoms with Crippen LogP contribution in [0.15, 0.2) is 0 Å². The van der Waals surface area contributed by atoms with Crippen LogP contribution in [0.5, 0.6) is 0 Å². The molecule has 4 fully saturated rings. The van der Waals surface area contributed by atoms with Crippen LogP contribution in [0.3, 0.4) is 0 Å². The van der Waals surface area contributed by atoms with Gasteiger partial charge in [0.2, 0.25) is 0 Å². The maximum absolute atomic E-state index is 5.88. The van der Waals surface area contributed by atoms with Crippen molar-refractivity contribution in [1.29, 1.82) is 0 Å². The SMILES string of the molecule is NC1CCN(CCN2CCCC2)CC1.NC1CCN(CCN2CCCC2)CC1. The Hall–Kier alpha value is -0.240. The summed E-state index contributed by atoms with van der Waals surface area (Å²) < 4.78 is 0. The minimum absolute atomic E-state index is 0.470. The van der Waals surface area contributed by atoms with E-state index in [1.54, 1.807) is 0 Å². The van der Waals surface area contributed by atoms with Gasteiger partial charge >= 0.3 is 0 Å². The van der Waals surface area contributed by atoms with Gasteiger partial charge in [0.05, 0.1) is 0 Å². The van der Waals surface area contributed by atoms with E-state index in [4.69, 9.17) is 11.5 Å². The van der Waals surface area contributed by atoms with Gasteiger partial charge in [0.15, 0.2) is 0 Å². The Balaban J connectivity index is 0.000000161. The van der Waals surface area contributed by atoms with Gasteiger partial charge in [-0.15, -0.1) is 0 Å². The monoisotopic (exact) mass is 394 g/mol. The zero-order chi connectivity index (χ0) is 19.6. The second-order valence-electron chi connectivity index (χ2n) is 9.46. The molecule has 0 spiro atoms. The first-order valence-corrected chi connectivity index (χ1v) is 12.1. The molecule has 0 bridgehead atoms. The summed E-state index contributed by atoms with van der Waals surface area (Å²) in [6.45, 7) is 15.2. The van der Waals surface area contributed by atoms with E-state index in [9.17, 15) is 0 Å². The first kappa shape index (κ1) is 22.4. The van der Waals surface area contributed by atoms with Crippen LogP contribution in [0, 0.1) is 0 Å². The van der Waals surface area contributed by atoms with Crippen LogP contribution in [0.4, 0.5) is 0 Å². The van der Waals surface area contributed by atoms with Crippen LogP contribution in [-0.4, -0.2) is 110 Å². The third kappa shape index (κ3) is 8.25. The van der Waals surface area contributed by atoms with Crippen LogP contribution < -0.4 is 11.5 Å².